The van der Waals surface area contributed by atoms with E-state index in [2.05, 4.69) is 15.2 Å². The summed E-state index contributed by atoms with van der Waals surface area (Å²) in [5.74, 6) is -1.71. The topological polar surface area (TPSA) is 115 Å². The molecule has 2 fully saturated rings. The van der Waals surface area contributed by atoms with E-state index in [1.807, 2.05) is 6.07 Å². The number of anilines is 1. The van der Waals surface area contributed by atoms with E-state index in [9.17, 15) is 33.0 Å². The number of ether oxygens (including phenoxy) is 1. The maximum absolute atomic E-state index is 14.4. The summed E-state index contributed by atoms with van der Waals surface area (Å²) < 4.78 is 48.6. The third-order valence-corrected chi connectivity index (χ3v) is 10.3. The number of rotatable bonds is 11. The lowest BCUT2D eigenvalue weighted by atomic mass is 9.99. The number of benzene rings is 3. The first-order valence-corrected chi connectivity index (χ1v) is 17.7. The third-order valence-electron chi connectivity index (χ3n) is 9.49. The Morgan fingerprint density at radius 3 is 2.28 bits per heavy atom. The molecule has 2 aliphatic rings. The highest BCUT2D eigenvalue weighted by atomic mass is 35.5. The van der Waals surface area contributed by atoms with Crippen LogP contribution in [0, 0.1) is 5.92 Å². The molecule has 0 saturated carbocycles. The Kier molecular flexibility index (Phi) is 11.8. The summed E-state index contributed by atoms with van der Waals surface area (Å²) in [7, 11) is 1.38. The summed E-state index contributed by atoms with van der Waals surface area (Å²) in [4.78, 5) is 32.7. The Bertz CT molecular complexity index is 2030. The smallest absolute Gasteiger partial charge is 0.417 e. The van der Waals surface area contributed by atoms with Crippen LogP contribution in [0.1, 0.15) is 51.1 Å². The fraction of sp³-hybridized carbons (Fsp3) is 0.308. The van der Waals surface area contributed by atoms with Crippen LogP contribution in [0.25, 0.3) is 23.3 Å². The molecule has 2 atom stereocenters. The van der Waals surface area contributed by atoms with Crippen LogP contribution in [-0.4, -0.2) is 76.3 Å². The van der Waals surface area contributed by atoms with Crippen molar-refractivity contribution < 1.29 is 37.7 Å². The molecule has 278 valence electrons. The number of β-amino-alcohol motifs (C(OH)–C–C–N with tert-alkyl or cyclic N) is 1. The van der Waals surface area contributed by atoms with Crippen LogP contribution in [-0.2, 0) is 24.1 Å². The van der Waals surface area contributed by atoms with Crippen molar-refractivity contribution in [1.82, 2.24) is 14.8 Å². The van der Waals surface area contributed by atoms with E-state index in [4.69, 9.17) is 27.9 Å². The van der Waals surface area contributed by atoms with Gasteiger partial charge in [-0.1, -0.05) is 71.8 Å². The summed E-state index contributed by atoms with van der Waals surface area (Å²) in [5.41, 5.74) is 2.14. The van der Waals surface area contributed by atoms with E-state index in [0.29, 0.717) is 54.0 Å². The predicted molar refractivity (Wildman–Crippen MR) is 198 cm³/mol. The molecule has 0 spiro atoms. The first-order chi connectivity index (χ1) is 25.3. The molecular weight excluding hydrogens is 732 g/mol. The molecule has 0 unspecified atom stereocenters. The average Bonchev–Trinajstić information content (AvgIpc) is 3.77. The number of carboxylic acid groups (broad SMARTS) is 1. The quantitative estimate of drug-likeness (QED) is 0.132. The zero-order valence-corrected chi connectivity index (χ0v) is 30.2. The number of aliphatic hydroxyl groups excluding tert-OH is 1. The van der Waals surface area contributed by atoms with E-state index in [0.717, 1.165) is 24.6 Å². The minimum Gasteiger partial charge on any atom is -0.496 e. The zero-order chi connectivity index (χ0) is 37.9. The van der Waals surface area contributed by atoms with E-state index < -0.39 is 29.5 Å². The van der Waals surface area contributed by atoms with Crippen molar-refractivity contribution in [2.75, 3.05) is 38.6 Å². The standard InChI is InChI=1S/C39H37Cl2F3N4O5/c1-53-34-17-25(31(39(42,43)44)16-27(34)21-48-14-12-26(20-48)38(51)52)10-9-24-4-2-5-29(35(24)40)30-6-3-7-32(36(30)41)46-37(50)33-11-8-23(18-45-33)19-47-15-13-28(49)22-47/h2-11,16-18,26,28,49H,12-15,19-22H2,1H3,(H,46,50)(H,51,52)/b10-9+/t26-,28-/m1/s1. The Hall–Kier alpha value is -4.46. The molecule has 1 amide bonds. The minimum atomic E-state index is -4.69. The number of carbonyl (C=O) groups is 2. The van der Waals surface area contributed by atoms with Gasteiger partial charge >= 0.3 is 12.1 Å². The van der Waals surface area contributed by atoms with Gasteiger partial charge in [0.25, 0.3) is 5.91 Å². The maximum atomic E-state index is 14.4. The highest BCUT2D eigenvalue weighted by Crippen LogP contribution is 2.41. The Morgan fingerprint density at radius 2 is 1.64 bits per heavy atom. The molecule has 1 aromatic heterocycles. The zero-order valence-electron chi connectivity index (χ0n) is 28.7. The summed E-state index contributed by atoms with van der Waals surface area (Å²) in [6, 6.07) is 16.0. The minimum absolute atomic E-state index is 0.113. The van der Waals surface area contributed by atoms with Crippen molar-refractivity contribution in [3.63, 3.8) is 0 Å². The summed E-state index contributed by atoms with van der Waals surface area (Å²) >= 11 is 13.6. The van der Waals surface area contributed by atoms with Gasteiger partial charge in [0.15, 0.2) is 0 Å². The number of hydrogen-bond acceptors (Lipinski definition) is 7. The number of alkyl halides is 3. The number of carboxylic acids is 1. The van der Waals surface area contributed by atoms with Crippen LogP contribution in [0.3, 0.4) is 0 Å². The second-order valence-corrected chi connectivity index (χ2v) is 14.0. The molecule has 0 bridgehead atoms. The van der Waals surface area contributed by atoms with Gasteiger partial charge in [-0.15, -0.1) is 0 Å². The first-order valence-electron chi connectivity index (χ1n) is 17.0. The molecule has 2 aliphatic heterocycles. The van der Waals surface area contributed by atoms with Crippen LogP contribution >= 0.6 is 23.2 Å². The number of nitrogens with zero attached hydrogens (tertiary/aromatic N) is 3. The molecule has 3 aromatic carbocycles. The summed E-state index contributed by atoms with van der Waals surface area (Å²) in [6.07, 6.45) is 0.572. The van der Waals surface area contributed by atoms with Crippen molar-refractivity contribution in [3.8, 4) is 16.9 Å². The molecule has 14 heteroatoms. The van der Waals surface area contributed by atoms with Gasteiger partial charge < -0.3 is 20.3 Å². The van der Waals surface area contributed by atoms with Crippen molar-refractivity contribution in [2.45, 2.75) is 38.2 Å². The van der Waals surface area contributed by atoms with Gasteiger partial charge in [0.05, 0.1) is 40.4 Å². The lowest BCUT2D eigenvalue weighted by molar-refractivity contribution is -0.141. The van der Waals surface area contributed by atoms with Crippen molar-refractivity contribution in [3.05, 3.63) is 110 Å². The Morgan fingerprint density at radius 1 is 0.943 bits per heavy atom. The van der Waals surface area contributed by atoms with E-state index >= 15 is 0 Å². The molecule has 6 rings (SSSR count). The summed E-state index contributed by atoms with van der Waals surface area (Å²) in [6.45, 7) is 2.82. The molecule has 2 saturated heterocycles. The first kappa shape index (κ1) is 38.3. The number of nitrogens with one attached hydrogen (secondary N) is 1. The fourth-order valence-electron chi connectivity index (χ4n) is 6.71. The lowest BCUT2D eigenvalue weighted by Crippen LogP contribution is -2.23. The normalized spacial score (nSPS) is 18.2. The number of methoxy groups -OCH3 is 1. The Labute approximate surface area is 314 Å². The molecule has 53 heavy (non-hydrogen) atoms. The van der Waals surface area contributed by atoms with Crippen LogP contribution in [0.5, 0.6) is 5.75 Å². The van der Waals surface area contributed by atoms with Crippen LogP contribution in [0.2, 0.25) is 10.0 Å². The number of aromatic nitrogens is 1. The number of halogens is 5. The van der Waals surface area contributed by atoms with Gasteiger partial charge in [-0.3, -0.25) is 24.4 Å². The van der Waals surface area contributed by atoms with Gasteiger partial charge in [-0.25, -0.2) is 0 Å². The Balaban J connectivity index is 1.21. The van der Waals surface area contributed by atoms with Crippen LogP contribution in [0.4, 0.5) is 18.9 Å². The van der Waals surface area contributed by atoms with Crippen molar-refractivity contribution >= 4 is 52.9 Å². The average molecular weight is 770 g/mol. The molecule has 3 heterocycles. The van der Waals surface area contributed by atoms with Gasteiger partial charge in [0, 0.05) is 55.6 Å². The number of likely N-dealkylation sites (tertiary alicyclic amines) is 2. The number of aliphatic hydroxyl groups is 1. The number of carbonyl (C=O) groups excluding carboxylic acids is 1. The molecule has 0 radical (unpaired) electrons. The second-order valence-electron chi connectivity index (χ2n) is 13.2. The number of hydrogen-bond donors (Lipinski definition) is 3. The van der Waals surface area contributed by atoms with Crippen LogP contribution in [0.15, 0.2) is 66.9 Å². The van der Waals surface area contributed by atoms with Gasteiger partial charge in [0.2, 0.25) is 0 Å². The summed E-state index contributed by atoms with van der Waals surface area (Å²) in [5, 5.41) is 22.3. The van der Waals surface area contributed by atoms with Crippen molar-refractivity contribution in [2.24, 2.45) is 5.92 Å². The van der Waals surface area contributed by atoms with Gasteiger partial charge in [0.1, 0.15) is 11.4 Å². The maximum Gasteiger partial charge on any atom is 0.417 e. The van der Waals surface area contributed by atoms with Crippen molar-refractivity contribution in [1.29, 1.82) is 0 Å². The number of aliphatic carboxylic acids is 1. The molecular formula is C39H37Cl2F3N4O5. The molecule has 0 aliphatic carbocycles. The number of amides is 1. The third kappa shape index (κ3) is 9.02. The lowest BCUT2D eigenvalue weighted by Gasteiger charge is -2.20. The number of pyridine rings is 1. The van der Waals surface area contributed by atoms with E-state index in [1.165, 1.54) is 25.3 Å². The largest absolute Gasteiger partial charge is 0.496 e. The fourth-order valence-corrected chi connectivity index (χ4v) is 7.28. The molecule has 9 nitrogen and oxygen atoms in total. The monoisotopic (exact) mass is 768 g/mol. The molecule has 4 aromatic rings. The van der Waals surface area contributed by atoms with E-state index in [-0.39, 0.29) is 46.2 Å². The second kappa shape index (κ2) is 16.3. The highest BCUT2D eigenvalue weighted by molar-refractivity contribution is 6.39. The van der Waals surface area contributed by atoms with Crippen LogP contribution < -0.4 is 10.1 Å². The van der Waals surface area contributed by atoms with Gasteiger partial charge in [-0.2, -0.15) is 13.2 Å². The van der Waals surface area contributed by atoms with Gasteiger partial charge in [-0.05, 0) is 60.3 Å². The SMILES string of the molecule is COc1cc(/C=C/c2cccc(-c3cccc(NC(=O)c4ccc(CN5CC[C@@H](O)C5)cn4)c3Cl)c2Cl)c(C(F)(F)F)cc1CN1CC[C@@H](C(=O)O)C1. The predicted octanol–water partition coefficient (Wildman–Crippen LogP) is 7.98. The highest BCUT2D eigenvalue weighted by Gasteiger charge is 2.35. The molecule has 3 N–H and O–H groups in total. The van der Waals surface area contributed by atoms with E-state index in [1.54, 1.807) is 53.6 Å².